The van der Waals surface area contributed by atoms with Gasteiger partial charge >= 0.3 is 0 Å². The molecule has 1 aromatic rings. The fourth-order valence-corrected chi connectivity index (χ4v) is 2.34. The molecule has 102 valence electrons. The maximum atomic E-state index is 5.99. The molecule has 0 spiro atoms. The van der Waals surface area contributed by atoms with Crippen LogP contribution in [-0.4, -0.2) is 30.9 Å². The van der Waals surface area contributed by atoms with Crippen molar-refractivity contribution in [1.29, 1.82) is 0 Å². The van der Waals surface area contributed by atoms with Gasteiger partial charge in [0, 0.05) is 11.0 Å². The molecule has 0 fully saturated rings. The molecule has 0 aliphatic carbocycles. The Balaban J connectivity index is 2.58. The zero-order chi connectivity index (χ0) is 13.4. The predicted molar refractivity (Wildman–Crippen MR) is 81.7 cm³/mol. The van der Waals surface area contributed by atoms with Crippen LogP contribution in [0.25, 0.3) is 0 Å². The average Bonchev–Trinajstić information content (AvgIpc) is 2.42. The van der Waals surface area contributed by atoms with E-state index in [0.29, 0.717) is 6.61 Å². The van der Waals surface area contributed by atoms with E-state index in [4.69, 9.17) is 14.2 Å². The molecule has 2 unspecified atom stereocenters. The van der Waals surface area contributed by atoms with Crippen LogP contribution in [0.2, 0.25) is 0 Å². The Hall–Kier alpha value is -0.330. The summed E-state index contributed by atoms with van der Waals surface area (Å²) < 4.78 is 17.4. The minimum atomic E-state index is 0.104. The second-order valence-corrected chi connectivity index (χ2v) is 4.90. The number of halogens is 1. The number of alkyl halides is 1. The van der Waals surface area contributed by atoms with Crippen molar-refractivity contribution in [3.8, 4) is 5.75 Å². The Morgan fingerprint density at radius 2 is 1.89 bits per heavy atom. The lowest BCUT2D eigenvalue weighted by Crippen LogP contribution is -2.20. The van der Waals surface area contributed by atoms with Crippen LogP contribution in [0.4, 0.5) is 0 Å². The van der Waals surface area contributed by atoms with E-state index in [1.165, 1.54) is 5.56 Å². The smallest absolute Gasteiger partial charge is 0.118 e. The van der Waals surface area contributed by atoms with E-state index < -0.39 is 0 Å². The molecule has 2 atom stereocenters. The normalized spacial score (nSPS) is 14.2. The minimum absolute atomic E-state index is 0.104. The first kappa shape index (κ1) is 15.7. The van der Waals surface area contributed by atoms with Gasteiger partial charge in [-0.15, -0.1) is 0 Å². The molecule has 0 amide bonds. The summed E-state index contributed by atoms with van der Waals surface area (Å²) in [5.41, 5.74) is 1.17. The molecular formula is C14H21IO3. The van der Waals surface area contributed by atoms with Gasteiger partial charge in [-0.05, 0) is 31.5 Å². The summed E-state index contributed by atoms with van der Waals surface area (Å²) in [5.74, 6) is 0.869. The molecule has 0 aliphatic rings. The third-order valence-corrected chi connectivity index (χ3v) is 3.38. The lowest BCUT2D eigenvalue weighted by Gasteiger charge is -2.21. The summed E-state index contributed by atoms with van der Waals surface area (Å²) in [6.07, 6.45) is 0.207. The van der Waals surface area contributed by atoms with Gasteiger partial charge in [0.1, 0.15) is 5.75 Å². The number of ether oxygens (including phenoxy) is 3. The highest BCUT2D eigenvalue weighted by atomic mass is 127. The second-order valence-electron chi connectivity index (χ2n) is 4.02. The van der Waals surface area contributed by atoms with E-state index in [9.17, 15) is 0 Å². The van der Waals surface area contributed by atoms with Gasteiger partial charge in [-0.2, -0.15) is 0 Å². The predicted octanol–water partition coefficient (Wildman–Crippen LogP) is 3.61. The molecule has 0 saturated heterocycles. The summed E-state index contributed by atoms with van der Waals surface area (Å²) in [4.78, 5) is 0. The number of benzene rings is 1. The van der Waals surface area contributed by atoms with E-state index >= 15 is 0 Å². The van der Waals surface area contributed by atoms with Crippen molar-refractivity contribution in [1.82, 2.24) is 0 Å². The van der Waals surface area contributed by atoms with Crippen LogP contribution < -0.4 is 4.74 Å². The molecular weight excluding hydrogens is 343 g/mol. The van der Waals surface area contributed by atoms with Crippen LogP contribution in [-0.2, 0) is 9.47 Å². The van der Waals surface area contributed by atoms with E-state index in [1.807, 2.05) is 26.0 Å². The molecule has 1 rings (SSSR count). The molecule has 0 heterocycles. The van der Waals surface area contributed by atoms with Crippen molar-refractivity contribution in [2.45, 2.75) is 26.1 Å². The fourth-order valence-electron chi connectivity index (χ4n) is 1.63. The van der Waals surface area contributed by atoms with Crippen molar-refractivity contribution in [2.24, 2.45) is 0 Å². The van der Waals surface area contributed by atoms with Gasteiger partial charge in [0.05, 0.1) is 25.9 Å². The summed E-state index contributed by atoms with van der Waals surface area (Å²) >= 11 is 2.34. The summed E-state index contributed by atoms with van der Waals surface area (Å²) in [7, 11) is 1.67. The van der Waals surface area contributed by atoms with Crippen molar-refractivity contribution in [3.05, 3.63) is 29.8 Å². The van der Waals surface area contributed by atoms with Crippen molar-refractivity contribution in [3.63, 3.8) is 0 Å². The summed E-state index contributed by atoms with van der Waals surface area (Å²) in [5, 5.41) is 0. The average molecular weight is 364 g/mol. The molecule has 18 heavy (non-hydrogen) atoms. The molecule has 0 N–H and O–H groups in total. The molecule has 0 radical (unpaired) electrons. The Bertz CT molecular complexity index is 326. The van der Waals surface area contributed by atoms with E-state index in [0.717, 1.165) is 16.8 Å². The van der Waals surface area contributed by atoms with Gasteiger partial charge in [0.2, 0.25) is 0 Å². The lowest BCUT2D eigenvalue weighted by atomic mass is 10.1. The molecule has 0 aromatic heterocycles. The van der Waals surface area contributed by atoms with Crippen LogP contribution in [0, 0.1) is 0 Å². The third-order valence-electron chi connectivity index (χ3n) is 2.58. The first-order chi connectivity index (χ1) is 8.71. The molecule has 3 nitrogen and oxygen atoms in total. The zero-order valence-corrected chi connectivity index (χ0v) is 13.3. The van der Waals surface area contributed by atoms with Gasteiger partial charge in [-0.3, -0.25) is 0 Å². The standard InChI is InChI=1S/C14H21IO3/c1-4-17-10-11(2)18-14(9-15)12-5-7-13(16-3)8-6-12/h5-8,11,14H,4,9-10H2,1-3H3. The maximum Gasteiger partial charge on any atom is 0.118 e. The molecule has 1 aromatic carbocycles. The second kappa shape index (κ2) is 8.72. The summed E-state index contributed by atoms with van der Waals surface area (Å²) in [6.45, 7) is 5.40. The highest BCUT2D eigenvalue weighted by Gasteiger charge is 2.14. The number of hydrogen-bond acceptors (Lipinski definition) is 3. The Kier molecular flexibility index (Phi) is 7.62. The van der Waals surface area contributed by atoms with E-state index in [2.05, 4.69) is 34.7 Å². The molecule has 0 bridgehead atoms. The fraction of sp³-hybridized carbons (Fsp3) is 0.571. The van der Waals surface area contributed by atoms with Crippen LogP contribution >= 0.6 is 22.6 Å². The van der Waals surface area contributed by atoms with Gasteiger partial charge in [-0.1, -0.05) is 34.7 Å². The summed E-state index contributed by atoms with van der Waals surface area (Å²) in [6, 6.07) is 8.03. The first-order valence-corrected chi connectivity index (χ1v) is 7.66. The van der Waals surface area contributed by atoms with Crippen molar-refractivity contribution >= 4 is 22.6 Å². The highest BCUT2D eigenvalue weighted by molar-refractivity contribution is 14.1. The van der Waals surface area contributed by atoms with Crippen LogP contribution in [0.5, 0.6) is 5.75 Å². The monoisotopic (exact) mass is 364 g/mol. The first-order valence-electron chi connectivity index (χ1n) is 6.14. The lowest BCUT2D eigenvalue weighted by molar-refractivity contribution is -0.0377. The van der Waals surface area contributed by atoms with E-state index in [-0.39, 0.29) is 12.2 Å². The van der Waals surface area contributed by atoms with Crippen LogP contribution in [0.3, 0.4) is 0 Å². The number of rotatable bonds is 8. The Labute approximate surface area is 123 Å². The SMILES string of the molecule is CCOCC(C)OC(CI)c1ccc(OC)cc1. The van der Waals surface area contributed by atoms with Gasteiger partial charge in [0.25, 0.3) is 0 Å². The van der Waals surface area contributed by atoms with Crippen molar-refractivity contribution < 1.29 is 14.2 Å². The minimum Gasteiger partial charge on any atom is -0.497 e. The van der Waals surface area contributed by atoms with Crippen molar-refractivity contribution in [2.75, 3.05) is 24.8 Å². The molecule has 0 aliphatic heterocycles. The van der Waals surface area contributed by atoms with Crippen LogP contribution in [0.15, 0.2) is 24.3 Å². The zero-order valence-electron chi connectivity index (χ0n) is 11.2. The van der Waals surface area contributed by atoms with E-state index in [1.54, 1.807) is 7.11 Å². The third kappa shape index (κ3) is 5.12. The molecule has 4 heteroatoms. The maximum absolute atomic E-state index is 5.99. The Morgan fingerprint density at radius 1 is 1.22 bits per heavy atom. The topological polar surface area (TPSA) is 27.7 Å². The Morgan fingerprint density at radius 3 is 2.39 bits per heavy atom. The number of methoxy groups -OCH3 is 1. The number of hydrogen-bond donors (Lipinski definition) is 0. The van der Waals surface area contributed by atoms with Crippen LogP contribution in [0.1, 0.15) is 25.5 Å². The quantitative estimate of drug-likeness (QED) is 0.521. The molecule has 0 saturated carbocycles. The van der Waals surface area contributed by atoms with Gasteiger partial charge < -0.3 is 14.2 Å². The highest BCUT2D eigenvalue weighted by Crippen LogP contribution is 2.24. The van der Waals surface area contributed by atoms with Gasteiger partial charge in [0.15, 0.2) is 0 Å². The van der Waals surface area contributed by atoms with Gasteiger partial charge in [-0.25, -0.2) is 0 Å². The largest absolute Gasteiger partial charge is 0.497 e.